The van der Waals surface area contributed by atoms with E-state index in [4.69, 9.17) is 0 Å². The molecule has 0 aliphatic carbocycles. The summed E-state index contributed by atoms with van der Waals surface area (Å²) in [6.07, 6.45) is 2.93. The summed E-state index contributed by atoms with van der Waals surface area (Å²) < 4.78 is 0. The van der Waals surface area contributed by atoms with Crippen molar-refractivity contribution in [3.8, 4) is 6.07 Å². The van der Waals surface area contributed by atoms with E-state index in [-0.39, 0.29) is 16.7 Å². The number of imidazole rings is 1. The van der Waals surface area contributed by atoms with Crippen molar-refractivity contribution in [3.05, 3.63) is 28.3 Å². The third kappa shape index (κ3) is 3.62. The maximum Gasteiger partial charge on any atom is 0.264 e. The number of aryl methyl sites for hydroxylation is 2. The van der Waals surface area contributed by atoms with Gasteiger partial charge in [-0.15, -0.1) is 0 Å². The van der Waals surface area contributed by atoms with Gasteiger partial charge in [-0.25, -0.2) is 4.98 Å². The van der Waals surface area contributed by atoms with Gasteiger partial charge in [0.1, 0.15) is 16.7 Å². The molecular weight excluding hydrogens is 326 g/mol. The lowest BCUT2D eigenvalue weighted by atomic mass is 10.1. The van der Waals surface area contributed by atoms with Crippen LogP contribution in [0, 0.1) is 18.3 Å². The van der Waals surface area contributed by atoms with Crippen LogP contribution in [0.3, 0.4) is 0 Å². The predicted octanol–water partition coefficient (Wildman–Crippen LogP) is 1.49. The van der Waals surface area contributed by atoms with Crippen molar-refractivity contribution in [2.24, 2.45) is 0 Å². The zero-order valence-electron chi connectivity index (χ0n) is 14.0. The van der Waals surface area contributed by atoms with E-state index in [1.165, 1.54) is 16.7 Å². The number of carbonyl (C=O) groups is 2. The number of hydrogen-bond donors (Lipinski definition) is 2. The molecule has 0 saturated carbocycles. The second kappa shape index (κ2) is 8.02. The Morgan fingerprint density at radius 2 is 2.29 bits per heavy atom. The van der Waals surface area contributed by atoms with E-state index in [9.17, 15) is 14.9 Å². The first-order chi connectivity index (χ1) is 11.5. The fourth-order valence-electron chi connectivity index (χ4n) is 2.55. The molecular formula is C16H21N5O2S. The van der Waals surface area contributed by atoms with Gasteiger partial charge < -0.3 is 15.2 Å². The SMILES string of the molecule is CCNC(=O)/C(C#N)=C1\SC(CCc2nc[nH]c2C)C(=O)N1CC. The van der Waals surface area contributed by atoms with Crippen molar-refractivity contribution in [1.82, 2.24) is 20.2 Å². The van der Waals surface area contributed by atoms with Crippen LogP contribution in [0.15, 0.2) is 16.9 Å². The molecule has 2 N–H and O–H groups in total. The average molecular weight is 347 g/mol. The molecule has 1 atom stereocenters. The minimum Gasteiger partial charge on any atom is -0.352 e. The second-order valence-electron chi connectivity index (χ2n) is 5.35. The van der Waals surface area contributed by atoms with E-state index in [0.29, 0.717) is 31.0 Å². The zero-order valence-corrected chi connectivity index (χ0v) is 14.9. The lowest BCUT2D eigenvalue weighted by Crippen LogP contribution is -2.31. The molecule has 1 aliphatic rings. The normalized spacial score (nSPS) is 19.3. The van der Waals surface area contributed by atoms with E-state index in [0.717, 1.165) is 11.4 Å². The molecule has 1 fully saturated rings. The van der Waals surface area contributed by atoms with Gasteiger partial charge in [-0.2, -0.15) is 5.26 Å². The Morgan fingerprint density at radius 1 is 1.54 bits per heavy atom. The lowest BCUT2D eigenvalue weighted by Gasteiger charge is -2.15. The number of hydrogen-bond acceptors (Lipinski definition) is 5. The maximum atomic E-state index is 12.6. The number of nitrogens with zero attached hydrogens (tertiary/aromatic N) is 3. The van der Waals surface area contributed by atoms with Gasteiger partial charge in [-0.05, 0) is 33.6 Å². The Hall–Kier alpha value is -2.27. The van der Waals surface area contributed by atoms with E-state index in [1.54, 1.807) is 13.3 Å². The molecule has 1 saturated heterocycles. The molecule has 0 bridgehead atoms. The van der Waals surface area contributed by atoms with Crippen molar-refractivity contribution in [3.63, 3.8) is 0 Å². The number of rotatable bonds is 6. The van der Waals surface area contributed by atoms with E-state index < -0.39 is 5.91 Å². The molecule has 0 aromatic carbocycles. The molecule has 1 unspecified atom stereocenters. The van der Waals surface area contributed by atoms with Gasteiger partial charge >= 0.3 is 0 Å². The van der Waals surface area contributed by atoms with Crippen LogP contribution in [0.5, 0.6) is 0 Å². The molecule has 24 heavy (non-hydrogen) atoms. The van der Waals surface area contributed by atoms with Crippen LogP contribution in [0.2, 0.25) is 0 Å². The molecule has 2 rings (SSSR count). The highest BCUT2D eigenvalue weighted by molar-refractivity contribution is 8.04. The highest BCUT2D eigenvalue weighted by atomic mass is 32.2. The Bertz CT molecular complexity index is 704. The number of aromatic amines is 1. The van der Waals surface area contributed by atoms with Gasteiger partial charge in [-0.3, -0.25) is 9.59 Å². The number of likely N-dealkylation sites (N-methyl/N-ethyl adjacent to an activating group) is 1. The quantitative estimate of drug-likeness (QED) is 0.599. The summed E-state index contributed by atoms with van der Waals surface area (Å²) in [5, 5.41) is 12.1. The number of aromatic nitrogens is 2. The number of H-pyrrole nitrogens is 1. The summed E-state index contributed by atoms with van der Waals surface area (Å²) in [6, 6.07) is 1.95. The monoisotopic (exact) mass is 347 g/mol. The molecule has 1 aliphatic heterocycles. The minimum atomic E-state index is -0.433. The molecule has 1 aromatic rings. The number of carbonyl (C=O) groups excluding carboxylic acids is 2. The van der Waals surface area contributed by atoms with Gasteiger partial charge in [0.2, 0.25) is 5.91 Å². The van der Waals surface area contributed by atoms with Crippen molar-refractivity contribution in [1.29, 1.82) is 5.26 Å². The number of amides is 2. The Kier molecular flexibility index (Phi) is 6.04. The summed E-state index contributed by atoms with van der Waals surface area (Å²) in [5.41, 5.74) is 1.94. The number of thioether (sulfide) groups is 1. The van der Waals surface area contributed by atoms with Crippen LogP contribution in [0.25, 0.3) is 0 Å². The number of nitrogens with one attached hydrogen (secondary N) is 2. The molecule has 128 valence electrons. The van der Waals surface area contributed by atoms with Gasteiger partial charge in [0.15, 0.2) is 0 Å². The summed E-state index contributed by atoms with van der Waals surface area (Å²) in [5.74, 6) is -0.486. The largest absolute Gasteiger partial charge is 0.352 e. The van der Waals surface area contributed by atoms with Crippen LogP contribution in [0.1, 0.15) is 31.7 Å². The van der Waals surface area contributed by atoms with Crippen molar-refractivity contribution in [2.75, 3.05) is 13.1 Å². The minimum absolute atomic E-state index is 0.00972. The molecule has 1 aromatic heterocycles. The van der Waals surface area contributed by atoms with Crippen LogP contribution < -0.4 is 5.32 Å². The molecule has 0 radical (unpaired) electrons. The molecule has 8 heteroatoms. The smallest absolute Gasteiger partial charge is 0.264 e. The Labute approximate surface area is 145 Å². The highest BCUT2D eigenvalue weighted by Crippen LogP contribution is 2.39. The Balaban J connectivity index is 2.19. The average Bonchev–Trinajstić information content (AvgIpc) is 3.10. The maximum absolute atomic E-state index is 12.6. The molecule has 2 amide bonds. The summed E-state index contributed by atoms with van der Waals surface area (Å²) in [4.78, 5) is 33.5. The summed E-state index contributed by atoms with van der Waals surface area (Å²) >= 11 is 1.30. The predicted molar refractivity (Wildman–Crippen MR) is 91.7 cm³/mol. The van der Waals surface area contributed by atoms with E-state index in [2.05, 4.69) is 15.3 Å². The zero-order chi connectivity index (χ0) is 17.7. The second-order valence-corrected chi connectivity index (χ2v) is 6.54. The van der Waals surface area contributed by atoms with Crippen LogP contribution in [0.4, 0.5) is 0 Å². The number of nitriles is 1. The fraction of sp³-hybridized carbons (Fsp3) is 0.500. The topological polar surface area (TPSA) is 102 Å². The van der Waals surface area contributed by atoms with Crippen molar-refractivity contribution >= 4 is 23.6 Å². The summed E-state index contributed by atoms with van der Waals surface area (Å²) in [6.45, 7) is 6.44. The van der Waals surface area contributed by atoms with E-state index >= 15 is 0 Å². The van der Waals surface area contributed by atoms with Crippen molar-refractivity contribution < 1.29 is 9.59 Å². The van der Waals surface area contributed by atoms with E-state index in [1.807, 2.05) is 19.9 Å². The lowest BCUT2D eigenvalue weighted by molar-refractivity contribution is -0.127. The molecule has 2 heterocycles. The van der Waals surface area contributed by atoms with Gasteiger partial charge in [0, 0.05) is 18.8 Å². The summed E-state index contributed by atoms with van der Waals surface area (Å²) in [7, 11) is 0. The van der Waals surface area contributed by atoms with Crippen LogP contribution in [-0.4, -0.2) is 45.0 Å². The third-order valence-electron chi connectivity index (χ3n) is 3.82. The molecule has 0 spiro atoms. The first kappa shape index (κ1) is 18.1. The Morgan fingerprint density at radius 3 is 2.83 bits per heavy atom. The van der Waals surface area contributed by atoms with Crippen molar-refractivity contribution in [2.45, 2.75) is 38.9 Å². The van der Waals surface area contributed by atoms with Crippen LogP contribution in [-0.2, 0) is 16.0 Å². The van der Waals surface area contributed by atoms with Gasteiger partial charge in [0.25, 0.3) is 5.91 Å². The first-order valence-electron chi connectivity index (χ1n) is 7.92. The highest BCUT2D eigenvalue weighted by Gasteiger charge is 2.38. The fourth-order valence-corrected chi connectivity index (χ4v) is 3.89. The standard InChI is InChI=1S/C16H21N5O2S/c1-4-18-14(22)11(8-17)16-21(5-2)15(23)13(24-16)7-6-12-10(3)19-9-20-12/h9,13H,4-7H2,1-3H3,(H,18,22)(H,19,20)/b16-11-. The first-order valence-corrected chi connectivity index (χ1v) is 8.80. The van der Waals surface area contributed by atoms with Gasteiger partial charge in [-0.1, -0.05) is 11.8 Å². The van der Waals surface area contributed by atoms with Gasteiger partial charge in [0.05, 0.1) is 17.3 Å². The van der Waals surface area contributed by atoms with Crippen LogP contribution >= 0.6 is 11.8 Å². The third-order valence-corrected chi connectivity index (χ3v) is 5.19. The molecule has 7 nitrogen and oxygen atoms in total.